The Labute approximate surface area is 204 Å². The van der Waals surface area contributed by atoms with Crippen LogP contribution in [0.15, 0.2) is 48.5 Å². The van der Waals surface area contributed by atoms with Gasteiger partial charge in [-0.05, 0) is 47.9 Å². The van der Waals surface area contributed by atoms with Gasteiger partial charge in [-0.2, -0.15) is 0 Å². The number of benzene rings is 2. The van der Waals surface area contributed by atoms with Crippen molar-refractivity contribution in [2.45, 2.75) is 31.6 Å². The van der Waals surface area contributed by atoms with Gasteiger partial charge in [-0.15, -0.1) is 0 Å². The van der Waals surface area contributed by atoms with Crippen molar-refractivity contribution in [2.75, 3.05) is 32.9 Å². The Morgan fingerprint density at radius 2 is 1.43 bits per heavy atom. The van der Waals surface area contributed by atoms with Crippen LogP contribution in [0.5, 0.6) is 0 Å². The summed E-state index contributed by atoms with van der Waals surface area (Å²) in [5.74, 6) is -1.16. The molecule has 0 unspecified atom stereocenters. The second-order valence-corrected chi connectivity index (χ2v) is 9.84. The van der Waals surface area contributed by atoms with E-state index in [4.69, 9.17) is 9.47 Å². The minimum atomic E-state index is -0.879. The van der Waals surface area contributed by atoms with Crippen molar-refractivity contribution >= 4 is 18.0 Å². The van der Waals surface area contributed by atoms with Crippen LogP contribution < -0.4 is 10.6 Å². The maximum absolute atomic E-state index is 13.1. The van der Waals surface area contributed by atoms with Gasteiger partial charge in [0.25, 0.3) is 0 Å². The highest BCUT2D eigenvalue weighted by molar-refractivity contribution is 5.85. The number of fused-ring (bicyclic) bond motifs is 3. The molecule has 0 atom stereocenters. The van der Waals surface area contributed by atoms with Crippen LogP contribution in [0.3, 0.4) is 0 Å². The third-order valence-electron chi connectivity index (χ3n) is 7.74. The minimum absolute atomic E-state index is 0.0424. The number of amides is 2. The molecule has 0 bridgehead atoms. The summed E-state index contributed by atoms with van der Waals surface area (Å²) in [5.41, 5.74) is 2.89. The number of rotatable bonds is 8. The maximum Gasteiger partial charge on any atom is 0.407 e. The molecule has 35 heavy (non-hydrogen) atoms. The number of carbonyl (C=O) groups excluding carboxylic acids is 2. The van der Waals surface area contributed by atoms with E-state index >= 15 is 0 Å². The van der Waals surface area contributed by atoms with E-state index in [1.165, 1.54) is 0 Å². The topological polar surface area (TPSA) is 114 Å². The van der Waals surface area contributed by atoms with Gasteiger partial charge < -0.3 is 25.2 Å². The van der Waals surface area contributed by atoms with Crippen LogP contribution in [0.25, 0.3) is 11.1 Å². The highest BCUT2D eigenvalue weighted by atomic mass is 16.5. The van der Waals surface area contributed by atoms with E-state index < -0.39 is 22.9 Å². The monoisotopic (exact) mass is 478 g/mol. The fraction of sp³-hybridized carbons (Fsp3) is 0.444. The zero-order valence-corrected chi connectivity index (χ0v) is 19.5. The average molecular weight is 479 g/mol. The molecule has 8 nitrogen and oxygen atoms in total. The van der Waals surface area contributed by atoms with Crippen LogP contribution in [0, 0.1) is 10.8 Å². The van der Waals surface area contributed by atoms with E-state index in [0.29, 0.717) is 38.9 Å². The molecular formula is C27H30N2O6. The SMILES string of the molecule is O=C(NCC1(C(=O)NCC2(C(=O)O)CC2)CCOCC1)OCC1c2ccccc2-c2ccccc21. The van der Waals surface area contributed by atoms with Gasteiger partial charge in [0.05, 0.1) is 10.8 Å². The van der Waals surface area contributed by atoms with Crippen molar-refractivity contribution in [3.63, 3.8) is 0 Å². The molecule has 1 saturated heterocycles. The first kappa shape index (κ1) is 23.4. The second kappa shape index (κ2) is 9.34. The molecule has 2 aromatic carbocycles. The molecule has 2 aliphatic carbocycles. The van der Waals surface area contributed by atoms with Crippen molar-refractivity contribution in [1.29, 1.82) is 0 Å². The van der Waals surface area contributed by atoms with Crippen molar-refractivity contribution in [3.05, 3.63) is 59.7 Å². The summed E-state index contributed by atoms with van der Waals surface area (Å²) in [7, 11) is 0. The van der Waals surface area contributed by atoms with E-state index in [0.717, 1.165) is 22.3 Å². The van der Waals surface area contributed by atoms with Crippen LogP contribution >= 0.6 is 0 Å². The number of ether oxygens (including phenoxy) is 2. The Kier molecular flexibility index (Phi) is 6.23. The number of carboxylic acids is 1. The van der Waals surface area contributed by atoms with Gasteiger partial charge >= 0.3 is 12.1 Å². The molecule has 8 heteroatoms. The van der Waals surface area contributed by atoms with E-state index in [-0.39, 0.29) is 31.5 Å². The first-order chi connectivity index (χ1) is 16.9. The zero-order valence-electron chi connectivity index (χ0n) is 19.5. The summed E-state index contributed by atoms with van der Waals surface area (Å²) in [6.45, 7) is 1.23. The molecule has 2 aromatic rings. The minimum Gasteiger partial charge on any atom is -0.481 e. The first-order valence-corrected chi connectivity index (χ1v) is 12.1. The molecule has 184 valence electrons. The van der Waals surface area contributed by atoms with Gasteiger partial charge in [-0.25, -0.2) is 4.79 Å². The molecule has 1 saturated carbocycles. The van der Waals surface area contributed by atoms with Crippen LogP contribution in [0.2, 0.25) is 0 Å². The lowest BCUT2D eigenvalue weighted by atomic mass is 9.79. The van der Waals surface area contributed by atoms with Crippen LogP contribution in [-0.2, 0) is 19.1 Å². The summed E-state index contributed by atoms with van der Waals surface area (Å²) in [5, 5.41) is 15.0. The molecule has 2 fully saturated rings. The number of aliphatic carboxylic acids is 1. The second-order valence-electron chi connectivity index (χ2n) is 9.84. The van der Waals surface area contributed by atoms with E-state index in [2.05, 4.69) is 34.9 Å². The molecule has 1 heterocycles. The number of hydrogen-bond acceptors (Lipinski definition) is 5. The highest BCUT2D eigenvalue weighted by Gasteiger charge is 2.51. The van der Waals surface area contributed by atoms with Gasteiger partial charge in [0.2, 0.25) is 5.91 Å². The normalized spacial score (nSPS) is 19.2. The number of nitrogens with one attached hydrogen (secondary N) is 2. The lowest BCUT2D eigenvalue weighted by Crippen LogP contribution is -2.52. The summed E-state index contributed by atoms with van der Waals surface area (Å²) in [6, 6.07) is 16.3. The Bertz CT molecular complexity index is 1090. The predicted molar refractivity (Wildman–Crippen MR) is 128 cm³/mol. The molecule has 5 rings (SSSR count). The van der Waals surface area contributed by atoms with Crippen molar-refractivity contribution in [3.8, 4) is 11.1 Å². The smallest absolute Gasteiger partial charge is 0.407 e. The Morgan fingerprint density at radius 3 is 2.00 bits per heavy atom. The van der Waals surface area contributed by atoms with Crippen molar-refractivity contribution in [1.82, 2.24) is 10.6 Å². The summed E-state index contributed by atoms with van der Waals surface area (Å²) >= 11 is 0. The number of carboxylic acid groups (broad SMARTS) is 1. The fourth-order valence-corrected chi connectivity index (χ4v) is 5.19. The quantitative estimate of drug-likeness (QED) is 0.537. The van der Waals surface area contributed by atoms with E-state index in [9.17, 15) is 19.5 Å². The molecular weight excluding hydrogens is 448 g/mol. The van der Waals surface area contributed by atoms with Gasteiger partial charge in [-0.3, -0.25) is 9.59 Å². The maximum atomic E-state index is 13.1. The van der Waals surface area contributed by atoms with E-state index in [1.807, 2.05) is 24.3 Å². The number of hydrogen-bond donors (Lipinski definition) is 3. The largest absolute Gasteiger partial charge is 0.481 e. The van der Waals surface area contributed by atoms with Gasteiger partial charge in [0, 0.05) is 32.2 Å². The highest BCUT2D eigenvalue weighted by Crippen LogP contribution is 2.46. The standard InChI is InChI=1S/C27H30N2O6/c30-23(28-17-27(9-10-27)24(31)32)26(11-13-34-14-12-26)16-29-25(33)35-15-22-20-7-3-1-5-18(20)19-6-2-4-8-21(19)22/h1-8,22H,9-17H2,(H,28,30)(H,29,33)(H,31,32). The van der Waals surface area contributed by atoms with E-state index in [1.54, 1.807) is 0 Å². The summed E-state index contributed by atoms with van der Waals surface area (Å²) < 4.78 is 11.1. The molecule has 0 radical (unpaired) electrons. The van der Waals surface area contributed by atoms with Gasteiger partial charge in [0.15, 0.2) is 0 Å². The molecule has 3 N–H and O–H groups in total. The summed E-state index contributed by atoms with van der Waals surface area (Å²) in [6.07, 6.45) is 1.45. The molecule has 1 aliphatic heterocycles. The number of alkyl carbamates (subject to hydrolysis) is 1. The molecule has 3 aliphatic rings. The Hall–Kier alpha value is -3.39. The zero-order chi connectivity index (χ0) is 24.5. The van der Waals surface area contributed by atoms with Crippen LogP contribution in [0.4, 0.5) is 4.79 Å². The third kappa shape index (κ3) is 4.50. The lowest BCUT2D eigenvalue weighted by Gasteiger charge is -2.36. The Morgan fingerprint density at radius 1 is 0.857 bits per heavy atom. The van der Waals surface area contributed by atoms with Gasteiger partial charge in [-0.1, -0.05) is 48.5 Å². The third-order valence-corrected chi connectivity index (χ3v) is 7.74. The molecule has 2 amide bonds. The van der Waals surface area contributed by atoms with Crippen molar-refractivity contribution < 1.29 is 29.0 Å². The predicted octanol–water partition coefficient (Wildman–Crippen LogP) is 3.30. The van der Waals surface area contributed by atoms with Gasteiger partial charge in [0.1, 0.15) is 6.61 Å². The fourth-order valence-electron chi connectivity index (χ4n) is 5.19. The number of carbonyl (C=O) groups is 3. The van der Waals surface area contributed by atoms with Crippen LogP contribution in [0.1, 0.15) is 42.7 Å². The van der Waals surface area contributed by atoms with Crippen LogP contribution in [-0.4, -0.2) is 56.0 Å². The summed E-state index contributed by atoms with van der Waals surface area (Å²) in [4.78, 5) is 37.3. The molecule has 0 aromatic heterocycles. The van der Waals surface area contributed by atoms with Crippen molar-refractivity contribution in [2.24, 2.45) is 10.8 Å². The Balaban J connectivity index is 1.20. The lowest BCUT2D eigenvalue weighted by molar-refractivity contribution is -0.144. The first-order valence-electron chi connectivity index (χ1n) is 12.1. The molecule has 0 spiro atoms. The average Bonchev–Trinajstić information content (AvgIpc) is 3.62.